The summed E-state index contributed by atoms with van der Waals surface area (Å²) in [5.41, 5.74) is 3.26. The van der Waals surface area contributed by atoms with Crippen LogP contribution in [0.15, 0.2) is 42.6 Å². The molecule has 146 valence electrons. The number of hydrogen-bond donors (Lipinski definition) is 0. The largest absolute Gasteiger partial charge is 0.370 e. The lowest BCUT2D eigenvalue weighted by molar-refractivity contribution is 0.0970. The Labute approximate surface area is 170 Å². The van der Waals surface area contributed by atoms with E-state index in [1.165, 1.54) is 5.56 Å². The number of piperidine rings is 1. The zero-order chi connectivity index (χ0) is 18.9. The van der Waals surface area contributed by atoms with Crippen LogP contribution in [0.2, 0.25) is 5.02 Å². The first kappa shape index (κ1) is 18.1. The molecule has 2 fully saturated rings. The summed E-state index contributed by atoms with van der Waals surface area (Å²) in [7, 11) is 0. The fourth-order valence-electron chi connectivity index (χ4n) is 4.54. The number of hydrogen-bond acceptors (Lipinski definition) is 4. The maximum Gasteiger partial charge on any atom is 0.160 e. The lowest BCUT2D eigenvalue weighted by Gasteiger charge is -2.33. The quantitative estimate of drug-likeness (QED) is 0.636. The van der Waals surface area contributed by atoms with Crippen LogP contribution in [0.25, 0.3) is 11.2 Å². The molecule has 0 aliphatic carbocycles. The van der Waals surface area contributed by atoms with Crippen molar-refractivity contribution < 1.29 is 4.74 Å². The number of likely N-dealkylation sites (tertiary alicyclic amines) is 1. The molecule has 0 amide bonds. The Bertz CT molecular complexity index is 958. The fraction of sp³-hybridized carbons (Fsp3) is 0.455. The van der Waals surface area contributed by atoms with Gasteiger partial charge >= 0.3 is 0 Å². The van der Waals surface area contributed by atoms with Crippen molar-refractivity contribution in [2.24, 2.45) is 0 Å². The third kappa shape index (κ3) is 3.54. The maximum absolute atomic E-state index is 6.14. The molecule has 6 heteroatoms. The standard InChI is InChI=1S/C22H25ClN4O/c23-17-5-1-4-16(14-17)15-26-11-8-18(9-12-26)27-21-19(6-2-10-24-21)25-22(27)20-7-3-13-28-20/h1-2,4-6,10,14,18,20H,3,7-9,11-13,15H2/t20-/m1/s1. The topological polar surface area (TPSA) is 43.2 Å². The number of fused-ring (bicyclic) bond motifs is 1. The van der Waals surface area contributed by atoms with Crippen molar-refractivity contribution in [1.29, 1.82) is 0 Å². The van der Waals surface area contributed by atoms with Crippen molar-refractivity contribution >= 4 is 22.8 Å². The molecule has 5 rings (SSSR count). The molecular formula is C22H25ClN4O. The smallest absolute Gasteiger partial charge is 0.160 e. The predicted octanol–water partition coefficient (Wildman–Crippen LogP) is 4.77. The first-order valence-corrected chi connectivity index (χ1v) is 10.6. The Balaban J connectivity index is 1.36. The molecule has 4 heterocycles. The third-order valence-corrected chi connectivity index (χ3v) is 6.15. The highest BCUT2D eigenvalue weighted by Crippen LogP contribution is 2.35. The number of pyridine rings is 1. The molecule has 28 heavy (non-hydrogen) atoms. The minimum atomic E-state index is 0.110. The van der Waals surface area contributed by atoms with Gasteiger partial charge in [0, 0.05) is 43.5 Å². The van der Waals surface area contributed by atoms with Crippen molar-refractivity contribution in [3.63, 3.8) is 0 Å². The lowest BCUT2D eigenvalue weighted by Crippen LogP contribution is -2.34. The number of aromatic nitrogens is 3. The predicted molar refractivity (Wildman–Crippen MR) is 110 cm³/mol. The fourth-order valence-corrected chi connectivity index (χ4v) is 4.76. The summed E-state index contributed by atoms with van der Waals surface area (Å²) >= 11 is 6.14. The normalized spacial score (nSPS) is 21.5. The van der Waals surface area contributed by atoms with E-state index >= 15 is 0 Å². The van der Waals surface area contributed by atoms with Crippen molar-refractivity contribution in [1.82, 2.24) is 19.4 Å². The van der Waals surface area contributed by atoms with Gasteiger partial charge in [-0.15, -0.1) is 0 Å². The number of benzene rings is 1. The van der Waals surface area contributed by atoms with Crippen LogP contribution in [0, 0.1) is 0 Å². The average molecular weight is 397 g/mol. The maximum atomic E-state index is 6.14. The van der Waals surface area contributed by atoms with Crippen molar-refractivity contribution in [3.05, 3.63) is 59.0 Å². The summed E-state index contributed by atoms with van der Waals surface area (Å²) in [6, 6.07) is 12.6. The first-order valence-electron chi connectivity index (χ1n) is 10.2. The highest BCUT2D eigenvalue weighted by Gasteiger charge is 2.30. The molecule has 2 aliphatic rings. The van der Waals surface area contributed by atoms with Gasteiger partial charge in [-0.3, -0.25) is 4.90 Å². The van der Waals surface area contributed by atoms with Gasteiger partial charge in [-0.25, -0.2) is 9.97 Å². The van der Waals surface area contributed by atoms with Gasteiger partial charge in [-0.05, 0) is 55.5 Å². The van der Waals surface area contributed by atoms with Gasteiger partial charge in [0.1, 0.15) is 17.4 Å². The number of ether oxygens (including phenoxy) is 1. The molecule has 1 atom stereocenters. The van der Waals surface area contributed by atoms with Crippen LogP contribution in [0.3, 0.4) is 0 Å². The minimum Gasteiger partial charge on any atom is -0.370 e. The average Bonchev–Trinajstić information content (AvgIpc) is 3.36. The summed E-state index contributed by atoms with van der Waals surface area (Å²) in [6.45, 7) is 3.91. The molecule has 0 unspecified atom stereocenters. The molecule has 0 spiro atoms. The highest BCUT2D eigenvalue weighted by atomic mass is 35.5. The molecule has 0 saturated carbocycles. The van der Waals surface area contributed by atoms with Gasteiger partial charge in [-0.1, -0.05) is 23.7 Å². The summed E-state index contributed by atoms with van der Waals surface area (Å²) < 4.78 is 8.35. The van der Waals surface area contributed by atoms with Crippen LogP contribution >= 0.6 is 11.6 Å². The monoisotopic (exact) mass is 396 g/mol. The van der Waals surface area contributed by atoms with E-state index in [0.717, 1.165) is 73.9 Å². The summed E-state index contributed by atoms with van der Waals surface area (Å²) in [5, 5.41) is 0.810. The van der Waals surface area contributed by atoms with Crippen molar-refractivity contribution in [2.75, 3.05) is 19.7 Å². The molecule has 0 radical (unpaired) electrons. The Morgan fingerprint density at radius 2 is 2.00 bits per heavy atom. The van der Waals surface area contributed by atoms with E-state index in [-0.39, 0.29) is 6.10 Å². The number of imidazole rings is 1. The molecule has 0 N–H and O–H groups in total. The van der Waals surface area contributed by atoms with Crippen LogP contribution in [0.1, 0.15) is 49.2 Å². The molecule has 5 nitrogen and oxygen atoms in total. The van der Waals surface area contributed by atoms with Crippen LogP contribution in [0.5, 0.6) is 0 Å². The van der Waals surface area contributed by atoms with Gasteiger partial charge in [-0.2, -0.15) is 0 Å². The van der Waals surface area contributed by atoms with Crippen molar-refractivity contribution in [2.45, 2.75) is 44.4 Å². The highest BCUT2D eigenvalue weighted by molar-refractivity contribution is 6.30. The van der Waals surface area contributed by atoms with Crippen molar-refractivity contribution in [3.8, 4) is 0 Å². The SMILES string of the molecule is Clc1cccc(CN2CCC(n3c([C@H]4CCCO4)nc4cccnc43)CC2)c1. The van der Waals surface area contributed by atoms with Crippen LogP contribution in [-0.4, -0.2) is 39.1 Å². The summed E-state index contributed by atoms with van der Waals surface area (Å²) in [5.74, 6) is 1.07. The zero-order valence-electron chi connectivity index (χ0n) is 15.9. The second-order valence-electron chi connectivity index (χ2n) is 7.83. The lowest BCUT2D eigenvalue weighted by atomic mass is 10.0. The van der Waals surface area contributed by atoms with Crippen LogP contribution < -0.4 is 0 Å². The van der Waals surface area contributed by atoms with Gasteiger partial charge in [0.05, 0.1) is 0 Å². The van der Waals surface area contributed by atoms with Gasteiger partial charge in [0.15, 0.2) is 5.65 Å². The van der Waals surface area contributed by atoms with E-state index in [4.69, 9.17) is 21.3 Å². The molecule has 2 aliphatic heterocycles. The van der Waals surface area contributed by atoms with E-state index in [2.05, 4.69) is 32.7 Å². The van der Waals surface area contributed by atoms with E-state index in [9.17, 15) is 0 Å². The molecule has 0 bridgehead atoms. The number of rotatable bonds is 4. The minimum absolute atomic E-state index is 0.110. The molecule has 2 saturated heterocycles. The first-order chi connectivity index (χ1) is 13.8. The molecule has 1 aromatic carbocycles. The Kier molecular flexibility index (Phi) is 5.05. The summed E-state index contributed by atoms with van der Waals surface area (Å²) in [6.07, 6.45) is 6.34. The van der Waals surface area contributed by atoms with Gasteiger partial charge < -0.3 is 9.30 Å². The molecule has 2 aromatic heterocycles. The van der Waals surface area contributed by atoms with E-state index in [0.29, 0.717) is 6.04 Å². The second-order valence-corrected chi connectivity index (χ2v) is 8.26. The number of nitrogens with zero attached hydrogens (tertiary/aromatic N) is 4. The zero-order valence-corrected chi connectivity index (χ0v) is 16.7. The van der Waals surface area contributed by atoms with E-state index in [1.54, 1.807) is 0 Å². The van der Waals surface area contributed by atoms with E-state index in [1.807, 2.05) is 24.4 Å². The van der Waals surface area contributed by atoms with Crippen LogP contribution in [0.4, 0.5) is 0 Å². The molecular weight excluding hydrogens is 372 g/mol. The molecule has 3 aromatic rings. The van der Waals surface area contributed by atoms with Gasteiger partial charge in [0.25, 0.3) is 0 Å². The Hall–Kier alpha value is -1.95. The number of halogens is 1. The third-order valence-electron chi connectivity index (χ3n) is 5.91. The Morgan fingerprint density at radius 3 is 2.79 bits per heavy atom. The van der Waals surface area contributed by atoms with Gasteiger partial charge in [0.2, 0.25) is 0 Å². The Morgan fingerprint density at radius 1 is 1.11 bits per heavy atom. The summed E-state index contributed by atoms with van der Waals surface area (Å²) in [4.78, 5) is 12.1. The van der Waals surface area contributed by atoms with E-state index < -0.39 is 0 Å². The van der Waals surface area contributed by atoms with Crippen LogP contribution in [-0.2, 0) is 11.3 Å². The second kappa shape index (κ2) is 7.82.